The average molecular weight is 347 g/mol. The molecular formula is C15H20F3N3O3. The second-order valence-corrected chi connectivity index (χ2v) is 6.52. The summed E-state index contributed by atoms with van der Waals surface area (Å²) in [5.74, 6) is -5.55. The summed E-state index contributed by atoms with van der Waals surface area (Å²) in [6.07, 6.45) is -3.33. The quantitative estimate of drug-likeness (QED) is 0.906. The number of rotatable bonds is 4. The monoisotopic (exact) mass is 347 g/mol. The van der Waals surface area contributed by atoms with E-state index in [4.69, 9.17) is 5.11 Å². The van der Waals surface area contributed by atoms with E-state index in [9.17, 15) is 22.8 Å². The minimum Gasteiger partial charge on any atom is -0.481 e. The fourth-order valence-corrected chi connectivity index (χ4v) is 2.91. The summed E-state index contributed by atoms with van der Waals surface area (Å²) in [5, 5.41) is 13.1. The van der Waals surface area contributed by atoms with Crippen molar-refractivity contribution in [3.63, 3.8) is 0 Å². The highest BCUT2D eigenvalue weighted by molar-refractivity contribution is 5.95. The van der Waals surface area contributed by atoms with E-state index in [1.807, 2.05) is 13.8 Å². The molecule has 1 fully saturated rings. The van der Waals surface area contributed by atoms with E-state index in [1.54, 1.807) is 11.6 Å². The summed E-state index contributed by atoms with van der Waals surface area (Å²) in [7, 11) is 0. The smallest absolute Gasteiger partial charge is 0.394 e. The van der Waals surface area contributed by atoms with Crippen molar-refractivity contribution in [2.24, 2.45) is 17.8 Å². The van der Waals surface area contributed by atoms with Crippen LogP contribution in [0.5, 0.6) is 0 Å². The Kier molecular flexibility index (Phi) is 4.91. The number of hydrogen-bond acceptors (Lipinski definition) is 3. The molecule has 1 aliphatic heterocycles. The molecule has 0 radical (unpaired) electrons. The fraction of sp³-hybridized carbons (Fsp3) is 0.667. The SMILES string of the molecule is Cc1c(C(=O)N2C[C@@H](C(F)(F)F)[C@H](C(=O)O)C2)cnn1CC(C)C. The Labute approximate surface area is 137 Å². The number of carboxylic acids is 1. The van der Waals surface area contributed by atoms with Crippen molar-refractivity contribution in [2.45, 2.75) is 33.5 Å². The molecule has 1 aromatic heterocycles. The molecule has 0 unspecified atom stereocenters. The van der Waals surface area contributed by atoms with Gasteiger partial charge in [-0.2, -0.15) is 18.3 Å². The van der Waals surface area contributed by atoms with Gasteiger partial charge in [0.2, 0.25) is 0 Å². The Morgan fingerprint density at radius 3 is 2.46 bits per heavy atom. The molecule has 2 rings (SSSR count). The van der Waals surface area contributed by atoms with Gasteiger partial charge in [-0.25, -0.2) is 0 Å². The standard InChI is InChI=1S/C15H20F3N3O3/c1-8(2)5-21-9(3)10(4-19-21)13(22)20-6-11(14(23)24)12(7-20)15(16,17)18/h4,8,11-12H,5-7H2,1-3H3,(H,23,24)/t11-,12-/m1/s1. The first-order valence-corrected chi connectivity index (χ1v) is 7.63. The molecule has 6 nitrogen and oxygen atoms in total. The second-order valence-electron chi connectivity index (χ2n) is 6.52. The lowest BCUT2D eigenvalue weighted by Gasteiger charge is -2.18. The van der Waals surface area contributed by atoms with Crippen molar-refractivity contribution in [2.75, 3.05) is 13.1 Å². The van der Waals surface area contributed by atoms with Crippen LogP contribution in [-0.2, 0) is 11.3 Å². The van der Waals surface area contributed by atoms with Gasteiger partial charge in [0, 0.05) is 25.3 Å². The number of amides is 1. The van der Waals surface area contributed by atoms with Crippen molar-refractivity contribution < 1.29 is 27.9 Å². The first-order valence-electron chi connectivity index (χ1n) is 7.63. The van der Waals surface area contributed by atoms with Crippen molar-refractivity contribution >= 4 is 11.9 Å². The highest BCUT2D eigenvalue weighted by Gasteiger charge is 2.53. The number of aliphatic carboxylic acids is 1. The molecule has 2 heterocycles. The molecule has 0 saturated carbocycles. The number of likely N-dealkylation sites (tertiary alicyclic amines) is 1. The molecule has 1 saturated heterocycles. The van der Waals surface area contributed by atoms with Crippen LogP contribution in [0.4, 0.5) is 13.2 Å². The van der Waals surface area contributed by atoms with E-state index in [2.05, 4.69) is 5.10 Å². The summed E-state index contributed by atoms with van der Waals surface area (Å²) in [6.45, 7) is 5.13. The van der Waals surface area contributed by atoms with Crippen LogP contribution in [0.2, 0.25) is 0 Å². The Morgan fingerprint density at radius 2 is 2.00 bits per heavy atom. The van der Waals surface area contributed by atoms with Gasteiger partial charge in [-0.15, -0.1) is 0 Å². The van der Waals surface area contributed by atoms with Gasteiger partial charge in [-0.05, 0) is 12.8 Å². The minimum atomic E-state index is -4.66. The zero-order valence-corrected chi connectivity index (χ0v) is 13.7. The molecular weight excluding hydrogens is 327 g/mol. The molecule has 0 bridgehead atoms. The van der Waals surface area contributed by atoms with E-state index in [-0.39, 0.29) is 5.56 Å². The third-order valence-electron chi connectivity index (χ3n) is 4.22. The second kappa shape index (κ2) is 6.45. The third kappa shape index (κ3) is 3.54. The maximum atomic E-state index is 13.0. The van der Waals surface area contributed by atoms with Crippen LogP contribution in [0, 0.1) is 24.7 Å². The minimum absolute atomic E-state index is 0.211. The van der Waals surface area contributed by atoms with Crippen LogP contribution in [0.3, 0.4) is 0 Å². The molecule has 1 amide bonds. The van der Waals surface area contributed by atoms with Crippen molar-refractivity contribution in [1.82, 2.24) is 14.7 Å². The Bertz CT molecular complexity index is 640. The number of halogens is 3. The van der Waals surface area contributed by atoms with Crippen LogP contribution < -0.4 is 0 Å². The van der Waals surface area contributed by atoms with Gasteiger partial charge in [-0.1, -0.05) is 13.8 Å². The normalized spacial score (nSPS) is 21.5. The zero-order valence-electron chi connectivity index (χ0n) is 13.7. The van der Waals surface area contributed by atoms with Crippen LogP contribution in [0.25, 0.3) is 0 Å². The highest BCUT2D eigenvalue weighted by atomic mass is 19.4. The number of alkyl halides is 3. The van der Waals surface area contributed by atoms with E-state index < -0.39 is 43.0 Å². The van der Waals surface area contributed by atoms with Crippen LogP contribution >= 0.6 is 0 Å². The Morgan fingerprint density at radius 1 is 1.38 bits per heavy atom. The van der Waals surface area contributed by atoms with Crippen LogP contribution in [0.1, 0.15) is 29.9 Å². The van der Waals surface area contributed by atoms with Gasteiger partial charge in [-0.3, -0.25) is 14.3 Å². The van der Waals surface area contributed by atoms with E-state index in [1.165, 1.54) is 6.20 Å². The number of carbonyl (C=O) groups is 2. The first-order chi connectivity index (χ1) is 11.0. The number of carbonyl (C=O) groups excluding carboxylic acids is 1. The molecule has 24 heavy (non-hydrogen) atoms. The summed E-state index contributed by atoms with van der Waals surface area (Å²) >= 11 is 0. The van der Waals surface area contributed by atoms with Crippen LogP contribution in [0.15, 0.2) is 6.20 Å². The number of hydrogen-bond donors (Lipinski definition) is 1. The van der Waals surface area contributed by atoms with E-state index in [0.717, 1.165) is 4.90 Å². The Hall–Kier alpha value is -2.06. The van der Waals surface area contributed by atoms with E-state index >= 15 is 0 Å². The summed E-state index contributed by atoms with van der Waals surface area (Å²) in [4.78, 5) is 24.6. The van der Waals surface area contributed by atoms with Gasteiger partial charge in [0.1, 0.15) is 0 Å². The van der Waals surface area contributed by atoms with Crippen molar-refractivity contribution in [3.05, 3.63) is 17.5 Å². The third-order valence-corrected chi connectivity index (χ3v) is 4.22. The summed E-state index contributed by atoms with van der Waals surface area (Å²) in [5.41, 5.74) is 0.777. The predicted molar refractivity (Wildman–Crippen MR) is 78.4 cm³/mol. The first kappa shape index (κ1) is 18.3. The number of aromatic nitrogens is 2. The van der Waals surface area contributed by atoms with Crippen molar-refractivity contribution in [3.8, 4) is 0 Å². The average Bonchev–Trinajstić information content (AvgIpc) is 3.03. The van der Waals surface area contributed by atoms with Crippen molar-refractivity contribution in [1.29, 1.82) is 0 Å². The van der Waals surface area contributed by atoms with Gasteiger partial charge >= 0.3 is 12.1 Å². The zero-order chi connectivity index (χ0) is 18.2. The lowest BCUT2D eigenvalue weighted by atomic mass is 9.96. The maximum Gasteiger partial charge on any atom is 0.394 e. The molecule has 1 aromatic rings. The molecule has 0 spiro atoms. The topological polar surface area (TPSA) is 75.4 Å². The van der Waals surface area contributed by atoms with Gasteiger partial charge in [0.15, 0.2) is 0 Å². The highest BCUT2D eigenvalue weighted by Crippen LogP contribution is 2.38. The Balaban J connectivity index is 2.22. The van der Waals surface area contributed by atoms with Gasteiger partial charge in [0.25, 0.3) is 5.91 Å². The maximum absolute atomic E-state index is 13.0. The molecule has 9 heteroatoms. The largest absolute Gasteiger partial charge is 0.481 e. The molecule has 1 N–H and O–H groups in total. The summed E-state index contributed by atoms with van der Waals surface area (Å²) in [6, 6.07) is 0. The molecule has 134 valence electrons. The van der Waals surface area contributed by atoms with Gasteiger partial charge in [0.05, 0.1) is 23.6 Å². The number of carboxylic acid groups (broad SMARTS) is 1. The summed E-state index contributed by atoms with van der Waals surface area (Å²) < 4.78 is 40.7. The fourth-order valence-electron chi connectivity index (χ4n) is 2.91. The molecule has 0 aromatic carbocycles. The van der Waals surface area contributed by atoms with Gasteiger partial charge < -0.3 is 10.0 Å². The van der Waals surface area contributed by atoms with Crippen LogP contribution in [-0.4, -0.2) is 50.9 Å². The lowest BCUT2D eigenvalue weighted by Crippen LogP contribution is -2.34. The lowest BCUT2D eigenvalue weighted by molar-refractivity contribution is -0.187. The number of nitrogens with zero attached hydrogens (tertiary/aromatic N) is 3. The predicted octanol–water partition coefficient (Wildman–Crippen LogP) is 2.18. The molecule has 1 aliphatic rings. The molecule has 2 atom stereocenters. The van der Waals surface area contributed by atoms with E-state index in [0.29, 0.717) is 18.2 Å². The molecule has 0 aliphatic carbocycles.